The van der Waals surface area contributed by atoms with Crippen LogP contribution in [0.2, 0.25) is 0 Å². The van der Waals surface area contributed by atoms with E-state index in [1.54, 1.807) is 13.8 Å². The van der Waals surface area contributed by atoms with Crippen molar-refractivity contribution < 1.29 is 19.4 Å². The molecule has 0 spiro atoms. The first kappa shape index (κ1) is 14.4. The van der Waals surface area contributed by atoms with Gasteiger partial charge in [-0.3, -0.25) is 9.59 Å². The molecule has 0 radical (unpaired) electrons. The molecule has 1 aliphatic heterocycles. The highest BCUT2D eigenvalue weighted by atomic mass is 16.5. The summed E-state index contributed by atoms with van der Waals surface area (Å²) in [7, 11) is 0. The minimum Gasteiger partial charge on any atom is -0.492 e. The predicted octanol–water partition coefficient (Wildman–Crippen LogP) is 1.78. The number of hydrogen-bond acceptors (Lipinski definition) is 3. The fraction of sp³-hybridized carbons (Fsp3) is 0.467. The summed E-state index contributed by atoms with van der Waals surface area (Å²) >= 11 is 0. The lowest BCUT2D eigenvalue weighted by atomic mass is 9.87. The van der Waals surface area contributed by atoms with Crippen LogP contribution in [0.5, 0.6) is 5.75 Å². The first-order valence-corrected chi connectivity index (χ1v) is 6.71. The van der Waals surface area contributed by atoms with Gasteiger partial charge in [-0.25, -0.2) is 0 Å². The minimum atomic E-state index is -0.936. The van der Waals surface area contributed by atoms with Crippen LogP contribution in [0.15, 0.2) is 24.3 Å². The molecule has 1 aromatic rings. The van der Waals surface area contributed by atoms with Crippen molar-refractivity contribution in [3.8, 4) is 5.75 Å². The van der Waals surface area contributed by atoms with Crippen molar-refractivity contribution in [2.45, 2.75) is 26.2 Å². The molecule has 2 N–H and O–H groups in total. The van der Waals surface area contributed by atoms with E-state index in [2.05, 4.69) is 5.32 Å². The van der Waals surface area contributed by atoms with Gasteiger partial charge in [-0.1, -0.05) is 25.1 Å². The van der Waals surface area contributed by atoms with E-state index in [-0.39, 0.29) is 18.4 Å². The molecule has 2 unspecified atom stereocenters. The van der Waals surface area contributed by atoms with E-state index in [1.807, 2.05) is 24.3 Å². The zero-order valence-electron chi connectivity index (χ0n) is 11.7. The lowest BCUT2D eigenvalue weighted by Gasteiger charge is -2.24. The van der Waals surface area contributed by atoms with Crippen molar-refractivity contribution in [1.29, 1.82) is 0 Å². The maximum Gasteiger partial charge on any atom is 0.311 e. The third-order valence-electron chi connectivity index (χ3n) is 3.97. The van der Waals surface area contributed by atoms with Crippen LogP contribution in [0.1, 0.15) is 31.7 Å². The standard InChI is InChI=1S/C15H19NO4/c1-3-15(2,14(18)19)9-16-13(17)11-8-20-12-7-5-4-6-10(11)12/h4-7,11H,3,8-9H2,1-2H3,(H,16,17)(H,18,19). The maximum atomic E-state index is 12.2. The SMILES string of the molecule is CCC(C)(CNC(=O)C1COc2ccccc21)C(=O)O. The number of aliphatic carboxylic acids is 1. The van der Waals surface area contributed by atoms with E-state index in [9.17, 15) is 14.7 Å². The quantitative estimate of drug-likeness (QED) is 0.860. The first-order chi connectivity index (χ1) is 9.48. The van der Waals surface area contributed by atoms with Crippen LogP contribution < -0.4 is 10.1 Å². The van der Waals surface area contributed by atoms with Gasteiger partial charge in [0.2, 0.25) is 5.91 Å². The number of rotatable bonds is 5. The van der Waals surface area contributed by atoms with Gasteiger partial charge >= 0.3 is 5.97 Å². The van der Waals surface area contributed by atoms with Gasteiger partial charge in [0.25, 0.3) is 0 Å². The number of para-hydroxylation sites is 1. The Balaban J connectivity index is 2.02. The topological polar surface area (TPSA) is 75.6 Å². The average molecular weight is 277 g/mol. The van der Waals surface area contributed by atoms with Crippen molar-refractivity contribution in [3.63, 3.8) is 0 Å². The van der Waals surface area contributed by atoms with E-state index in [0.29, 0.717) is 13.0 Å². The lowest BCUT2D eigenvalue weighted by molar-refractivity contribution is -0.148. The number of ether oxygens (including phenoxy) is 1. The summed E-state index contributed by atoms with van der Waals surface area (Å²) in [5.74, 6) is -0.718. The van der Waals surface area contributed by atoms with Gasteiger partial charge in [0.15, 0.2) is 0 Å². The number of nitrogens with one attached hydrogen (secondary N) is 1. The Kier molecular flexibility index (Phi) is 3.97. The second kappa shape index (κ2) is 5.53. The Morgan fingerprint density at radius 1 is 1.45 bits per heavy atom. The summed E-state index contributed by atoms with van der Waals surface area (Å²) in [4.78, 5) is 23.4. The highest BCUT2D eigenvalue weighted by Crippen LogP contribution is 2.33. The Bertz CT molecular complexity index is 528. The number of carboxylic acid groups (broad SMARTS) is 1. The van der Waals surface area contributed by atoms with Crippen molar-refractivity contribution in [2.24, 2.45) is 5.41 Å². The molecule has 0 saturated heterocycles. The van der Waals surface area contributed by atoms with Gasteiger partial charge < -0.3 is 15.2 Å². The monoisotopic (exact) mass is 277 g/mol. The van der Waals surface area contributed by atoms with Crippen LogP contribution in [0, 0.1) is 5.41 Å². The number of benzene rings is 1. The van der Waals surface area contributed by atoms with Crippen LogP contribution in [-0.4, -0.2) is 30.1 Å². The Hall–Kier alpha value is -2.04. The van der Waals surface area contributed by atoms with Gasteiger partial charge in [-0.2, -0.15) is 0 Å². The van der Waals surface area contributed by atoms with E-state index in [0.717, 1.165) is 11.3 Å². The molecule has 1 heterocycles. The summed E-state index contributed by atoms with van der Waals surface area (Å²) in [5.41, 5.74) is -0.0761. The molecule has 1 aromatic carbocycles. The molecule has 0 bridgehead atoms. The van der Waals surface area contributed by atoms with Crippen LogP contribution in [0.4, 0.5) is 0 Å². The van der Waals surface area contributed by atoms with Gasteiger partial charge in [-0.05, 0) is 19.4 Å². The second-order valence-electron chi connectivity index (χ2n) is 5.34. The van der Waals surface area contributed by atoms with Gasteiger partial charge in [0.05, 0.1) is 5.41 Å². The third-order valence-corrected chi connectivity index (χ3v) is 3.97. The molecule has 2 atom stereocenters. The molecule has 0 saturated carbocycles. The molecule has 0 fully saturated rings. The van der Waals surface area contributed by atoms with Crippen LogP contribution in [0.25, 0.3) is 0 Å². The van der Waals surface area contributed by atoms with Crippen LogP contribution >= 0.6 is 0 Å². The molecule has 108 valence electrons. The Morgan fingerprint density at radius 3 is 2.80 bits per heavy atom. The lowest BCUT2D eigenvalue weighted by Crippen LogP contribution is -2.42. The number of carboxylic acids is 1. The molecule has 0 aromatic heterocycles. The highest BCUT2D eigenvalue weighted by Gasteiger charge is 2.34. The fourth-order valence-electron chi connectivity index (χ4n) is 2.14. The number of carbonyl (C=O) groups is 2. The molecule has 1 amide bonds. The summed E-state index contributed by atoms with van der Waals surface area (Å²) < 4.78 is 5.46. The Labute approximate surface area is 117 Å². The van der Waals surface area contributed by atoms with Gasteiger partial charge in [0.1, 0.15) is 18.3 Å². The molecule has 5 heteroatoms. The zero-order chi connectivity index (χ0) is 14.8. The van der Waals surface area contributed by atoms with Gasteiger partial charge in [-0.15, -0.1) is 0 Å². The molecule has 0 aliphatic carbocycles. The van der Waals surface area contributed by atoms with E-state index >= 15 is 0 Å². The number of carbonyl (C=O) groups excluding carboxylic acids is 1. The molecular weight excluding hydrogens is 258 g/mol. The minimum absolute atomic E-state index is 0.121. The fourth-order valence-corrected chi connectivity index (χ4v) is 2.14. The zero-order valence-corrected chi connectivity index (χ0v) is 11.7. The van der Waals surface area contributed by atoms with Crippen LogP contribution in [-0.2, 0) is 9.59 Å². The molecule has 2 rings (SSSR count). The molecule has 20 heavy (non-hydrogen) atoms. The smallest absolute Gasteiger partial charge is 0.311 e. The number of fused-ring (bicyclic) bond motifs is 1. The summed E-state index contributed by atoms with van der Waals surface area (Å²) in [6.07, 6.45) is 0.459. The molecular formula is C15H19NO4. The van der Waals surface area contributed by atoms with Gasteiger partial charge in [0, 0.05) is 12.1 Å². The van der Waals surface area contributed by atoms with E-state index in [1.165, 1.54) is 0 Å². The third kappa shape index (κ3) is 2.61. The van der Waals surface area contributed by atoms with E-state index < -0.39 is 11.4 Å². The summed E-state index contributed by atoms with van der Waals surface area (Å²) in [6, 6.07) is 7.41. The first-order valence-electron chi connectivity index (χ1n) is 6.71. The van der Waals surface area contributed by atoms with Crippen molar-refractivity contribution >= 4 is 11.9 Å². The highest BCUT2D eigenvalue weighted by molar-refractivity contribution is 5.86. The van der Waals surface area contributed by atoms with Crippen molar-refractivity contribution in [1.82, 2.24) is 5.32 Å². The number of amides is 1. The molecule has 5 nitrogen and oxygen atoms in total. The van der Waals surface area contributed by atoms with E-state index in [4.69, 9.17) is 4.74 Å². The Morgan fingerprint density at radius 2 is 2.15 bits per heavy atom. The second-order valence-corrected chi connectivity index (χ2v) is 5.34. The predicted molar refractivity (Wildman–Crippen MR) is 73.7 cm³/mol. The molecule has 1 aliphatic rings. The van der Waals surface area contributed by atoms with Crippen LogP contribution in [0.3, 0.4) is 0 Å². The van der Waals surface area contributed by atoms with Crippen molar-refractivity contribution in [3.05, 3.63) is 29.8 Å². The van der Waals surface area contributed by atoms with Crippen molar-refractivity contribution in [2.75, 3.05) is 13.2 Å². The normalized spacial score (nSPS) is 19.6. The number of hydrogen-bond donors (Lipinski definition) is 2. The summed E-state index contributed by atoms with van der Waals surface area (Å²) in [5, 5.41) is 11.9. The summed E-state index contributed by atoms with van der Waals surface area (Å²) in [6.45, 7) is 3.86. The average Bonchev–Trinajstić information content (AvgIpc) is 2.88. The maximum absolute atomic E-state index is 12.2. The largest absolute Gasteiger partial charge is 0.492 e.